The lowest BCUT2D eigenvalue weighted by Gasteiger charge is -2.07. The second kappa shape index (κ2) is 6.50. The van der Waals surface area contributed by atoms with E-state index in [0.717, 1.165) is 11.3 Å². The average Bonchev–Trinajstić information content (AvgIpc) is 2.98. The molecule has 3 N–H and O–H groups in total. The Bertz CT molecular complexity index is 828. The summed E-state index contributed by atoms with van der Waals surface area (Å²) < 4.78 is 0. The number of aryl methyl sites for hydroxylation is 1. The fourth-order valence-electron chi connectivity index (χ4n) is 2.06. The first kappa shape index (κ1) is 15.1. The third-order valence-electron chi connectivity index (χ3n) is 3.15. The van der Waals surface area contributed by atoms with E-state index in [1.54, 1.807) is 24.3 Å². The molecule has 0 aliphatic carbocycles. The normalized spacial score (nSPS) is 10.3. The fraction of sp³-hybridized carbons (Fsp3) is 0.0625. The summed E-state index contributed by atoms with van der Waals surface area (Å²) in [6, 6.07) is 14.6. The molecular weight excluding hydrogens is 314 g/mol. The molecule has 0 atom stereocenters. The number of aromatic amines is 1. The van der Waals surface area contributed by atoms with Crippen LogP contribution in [-0.2, 0) is 0 Å². The van der Waals surface area contributed by atoms with Gasteiger partial charge in [-0.2, -0.15) is 5.21 Å². The van der Waals surface area contributed by atoms with E-state index in [-0.39, 0.29) is 11.6 Å². The number of benzene rings is 2. The Balaban J connectivity index is 1.77. The first-order chi connectivity index (χ1) is 11.1. The van der Waals surface area contributed by atoms with E-state index in [9.17, 15) is 4.79 Å². The second-order valence-electron chi connectivity index (χ2n) is 4.98. The van der Waals surface area contributed by atoms with Crippen molar-refractivity contribution in [2.75, 3.05) is 10.6 Å². The van der Waals surface area contributed by atoms with Gasteiger partial charge in [0.1, 0.15) is 0 Å². The SMILES string of the molecule is Cc1cccc(NC(=O)c2n[nH]nc2Nc2ccc(Cl)cc2)c1. The van der Waals surface area contributed by atoms with E-state index in [1.165, 1.54) is 0 Å². The van der Waals surface area contributed by atoms with Crippen molar-refractivity contribution < 1.29 is 4.79 Å². The number of carbonyl (C=O) groups is 1. The standard InChI is InChI=1S/C16H14ClN5O/c1-10-3-2-4-13(9-10)19-16(23)14-15(21-22-20-14)18-12-7-5-11(17)6-8-12/h2-9H,1H3,(H,19,23)(H2,18,20,21,22). The van der Waals surface area contributed by atoms with Gasteiger partial charge in [-0.3, -0.25) is 4.79 Å². The number of H-pyrrole nitrogens is 1. The lowest BCUT2D eigenvalue weighted by Crippen LogP contribution is -2.14. The molecule has 0 saturated heterocycles. The van der Waals surface area contributed by atoms with E-state index in [4.69, 9.17) is 11.6 Å². The molecule has 0 bridgehead atoms. The number of nitrogens with zero attached hydrogens (tertiary/aromatic N) is 2. The molecule has 1 heterocycles. The van der Waals surface area contributed by atoms with Gasteiger partial charge in [-0.15, -0.1) is 10.2 Å². The maximum Gasteiger partial charge on any atom is 0.280 e. The van der Waals surface area contributed by atoms with Crippen LogP contribution < -0.4 is 10.6 Å². The van der Waals surface area contributed by atoms with Crippen molar-refractivity contribution in [1.29, 1.82) is 0 Å². The van der Waals surface area contributed by atoms with Crippen LogP contribution in [0.15, 0.2) is 48.5 Å². The predicted octanol–water partition coefficient (Wildman–Crippen LogP) is 3.76. The average molecular weight is 328 g/mol. The van der Waals surface area contributed by atoms with Crippen LogP contribution in [0.1, 0.15) is 16.1 Å². The minimum absolute atomic E-state index is 0.182. The van der Waals surface area contributed by atoms with Crippen LogP contribution in [0.2, 0.25) is 5.02 Å². The number of nitrogens with one attached hydrogen (secondary N) is 3. The summed E-state index contributed by atoms with van der Waals surface area (Å²) in [5, 5.41) is 16.8. The summed E-state index contributed by atoms with van der Waals surface area (Å²) in [6.07, 6.45) is 0. The second-order valence-corrected chi connectivity index (χ2v) is 5.41. The zero-order chi connectivity index (χ0) is 16.2. The van der Waals surface area contributed by atoms with Crippen LogP contribution in [0, 0.1) is 6.92 Å². The monoisotopic (exact) mass is 327 g/mol. The number of halogens is 1. The quantitative estimate of drug-likeness (QED) is 0.681. The summed E-state index contributed by atoms with van der Waals surface area (Å²) in [5.74, 6) is -0.00158. The van der Waals surface area contributed by atoms with Gasteiger partial charge in [0.05, 0.1) is 0 Å². The third-order valence-corrected chi connectivity index (χ3v) is 3.40. The maximum atomic E-state index is 12.4. The highest BCUT2D eigenvalue weighted by Gasteiger charge is 2.17. The van der Waals surface area contributed by atoms with Gasteiger partial charge in [-0.25, -0.2) is 0 Å². The van der Waals surface area contributed by atoms with E-state index in [1.807, 2.05) is 31.2 Å². The van der Waals surface area contributed by atoms with Gasteiger partial charge in [0.15, 0.2) is 11.5 Å². The largest absolute Gasteiger partial charge is 0.337 e. The van der Waals surface area contributed by atoms with Crippen LogP contribution in [0.5, 0.6) is 0 Å². The number of aromatic nitrogens is 3. The van der Waals surface area contributed by atoms with Crippen molar-refractivity contribution in [3.05, 3.63) is 64.8 Å². The molecule has 0 aliphatic rings. The number of amides is 1. The Morgan fingerprint density at radius 3 is 2.61 bits per heavy atom. The third kappa shape index (κ3) is 3.67. The lowest BCUT2D eigenvalue weighted by atomic mass is 10.2. The Hall–Kier alpha value is -2.86. The maximum absolute atomic E-state index is 12.4. The molecule has 0 unspecified atom stereocenters. The van der Waals surface area contributed by atoms with E-state index in [2.05, 4.69) is 26.0 Å². The minimum atomic E-state index is -0.346. The smallest absolute Gasteiger partial charge is 0.280 e. The highest BCUT2D eigenvalue weighted by molar-refractivity contribution is 6.30. The van der Waals surface area contributed by atoms with Crippen LogP contribution in [0.3, 0.4) is 0 Å². The molecule has 0 spiro atoms. The van der Waals surface area contributed by atoms with Crippen molar-refractivity contribution in [2.24, 2.45) is 0 Å². The number of hydrogen-bond acceptors (Lipinski definition) is 4. The molecule has 3 aromatic rings. The Morgan fingerprint density at radius 1 is 1.09 bits per heavy atom. The molecule has 1 aromatic heterocycles. The lowest BCUT2D eigenvalue weighted by molar-refractivity contribution is 0.102. The number of rotatable bonds is 4. The highest BCUT2D eigenvalue weighted by Crippen LogP contribution is 2.20. The van der Waals surface area contributed by atoms with Crippen molar-refractivity contribution in [2.45, 2.75) is 6.92 Å². The summed E-state index contributed by atoms with van der Waals surface area (Å²) in [4.78, 5) is 12.4. The minimum Gasteiger partial charge on any atom is -0.337 e. The Labute approximate surface area is 137 Å². The first-order valence-electron chi connectivity index (χ1n) is 6.93. The van der Waals surface area contributed by atoms with E-state index in [0.29, 0.717) is 16.5 Å². The summed E-state index contributed by atoms with van der Waals surface area (Å²) in [6.45, 7) is 1.96. The number of carbonyl (C=O) groups excluding carboxylic acids is 1. The number of anilines is 3. The molecule has 6 nitrogen and oxygen atoms in total. The van der Waals surface area contributed by atoms with E-state index < -0.39 is 0 Å². The van der Waals surface area contributed by atoms with Crippen molar-refractivity contribution in [3.63, 3.8) is 0 Å². The van der Waals surface area contributed by atoms with Gasteiger partial charge in [0.2, 0.25) is 0 Å². The molecular formula is C16H14ClN5O. The summed E-state index contributed by atoms with van der Waals surface area (Å²) in [7, 11) is 0. The molecule has 3 rings (SSSR count). The predicted molar refractivity (Wildman–Crippen MR) is 90.2 cm³/mol. The van der Waals surface area contributed by atoms with Gasteiger partial charge in [-0.1, -0.05) is 23.7 Å². The van der Waals surface area contributed by atoms with E-state index >= 15 is 0 Å². The zero-order valence-electron chi connectivity index (χ0n) is 12.3. The van der Waals surface area contributed by atoms with Gasteiger partial charge in [0.25, 0.3) is 5.91 Å². The molecule has 0 saturated carbocycles. The molecule has 0 radical (unpaired) electrons. The van der Waals surface area contributed by atoms with Crippen LogP contribution in [0.25, 0.3) is 0 Å². The van der Waals surface area contributed by atoms with Crippen LogP contribution in [0.4, 0.5) is 17.2 Å². The number of hydrogen-bond donors (Lipinski definition) is 3. The Morgan fingerprint density at radius 2 is 1.87 bits per heavy atom. The van der Waals surface area contributed by atoms with Gasteiger partial charge in [0, 0.05) is 16.4 Å². The molecule has 0 aliphatic heterocycles. The van der Waals surface area contributed by atoms with Crippen molar-refractivity contribution >= 4 is 34.7 Å². The van der Waals surface area contributed by atoms with Crippen LogP contribution in [-0.4, -0.2) is 21.3 Å². The topological polar surface area (TPSA) is 82.7 Å². The summed E-state index contributed by atoms with van der Waals surface area (Å²) in [5.41, 5.74) is 2.70. The van der Waals surface area contributed by atoms with Gasteiger partial charge in [-0.05, 0) is 48.9 Å². The highest BCUT2D eigenvalue weighted by atomic mass is 35.5. The molecule has 116 valence electrons. The molecule has 0 fully saturated rings. The fourth-order valence-corrected chi connectivity index (χ4v) is 2.19. The van der Waals surface area contributed by atoms with Crippen molar-refractivity contribution in [1.82, 2.24) is 15.4 Å². The van der Waals surface area contributed by atoms with Gasteiger partial charge >= 0.3 is 0 Å². The molecule has 2 aromatic carbocycles. The first-order valence-corrected chi connectivity index (χ1v) is 7.31. The van der Waals surface area contributed by atoms with Crippen molar-refractivity contribution in [3.8, 4) is 0 Å². The van der Waals surface area contributed by atoms with Crippen LogP contribution >= 0.6 is 11.6 Å². The molecule has 1 amide bonds. The Kier molecular flexibility index (Phi) is 4.25. The molecule has 7 heteroatoms. The van der Waals surface area contributed by atoms with Gasteiger partial charge < -0.3 is 10.6 Å². The summed E-state index contributed by atoms with van der Waals surface area (Å²) >= 11 is 5.85. The zero-order valence-corrected chi connectivity index (χ0v) is 13.1. The molecule has 23 heavy (non-hydrogen) atoms.